The van der Waals surface area contributed by atoms with E-state index in [9.17, 15) is 0 Å². The third-order valence-electron chi connectivity index (χ3n) is 2.61. The molecule has 1 aromatic heterocycles. The highest BCUT2D eigenvalue weighted by Gasteiger charge is 2.32. The van der Waals surface area contributed by atoms with Crippen LogP contribution in [0.5, 0.6) is 0 Å². The molecule has 2 rings (SSSR count). The van der Waals surface area contributed by atoms with Gasteiger partial charge in [-0.15, -0.1) is 0 Å². The summed E-state index contributed by atoms with van der Waals surface area (Å²) in [7, 11) is 0. The molecule has 1 heterocycles. The van der Waals surface area contributed by atoms with Crippen molar-refractivity contribution >= 4 is 0 Å². The Balaban J connectivity index is 2.20. The van der Waals surface area contributed by atoms with E-state index in [0.29, 0.717) is 11.7 Å². The number of hydrogen-bond donors (Lipinski definition) is 1. The Bertz CT molecular complexity index is 302. The average molecular weight is 181 g/mol. The van der Waals surface area contributed by atoms with Gasteiger partial charge in [0.15, 0.2) is 5.82 Å². The van der Waals surface area contributed by atoms with Crippen LogP contribution in [-0.4, -0.2) is 10.1 Å². The van der Waals surface area contributed by atoms with Gasteiger partial charge in [0, 0.05) is 5.92 Å². The number of rotatable bonds is 3. The smallest absolute Gasteiger partial charge is 0.229 e. The molecule has 0 saturated heterocycles. The van der Waals surface area contributed by atoms with Crippen molar-refractivity contribution < 1.29 is 4.52 Å². The summed E-state index contributed by atoms with van der Waals surface area (Å²) < 4.78 is 5.14. The van der Waals surface area contributed by atoms with E-state index >= 15 is 0 Å². The fourth-order valence-electron chi connectivity index (χ4n) is 1.12. The number of aromatic nitrogens is 2. The molecule has 1 aromatic rings. The van der Waals surface area contributed by atoms with Crippen molar-refractivity contribution in [2.45, 2.75) is 44.6 Å². The lowest BCUT2D eigenvalue weighted by atomic mass is 10.0. The number of hydrogen-bond acceptors (Lipinski definition) is 4. The monoisotopic (exact) mass is 181 g/mol. The van der Waals surface area contributed by atoms with E-state index in [1.165, 1.54) is 12.8 Å². The second kappa shape index (κ2) is 2.80. The van der Waals surface area contributed by atoms with Gasteiger partial charge in [0.25, 0.3) is 0 Å². The Morgan fingerprint density at radius 3 is 2.85 bits per heavy atom. The Labute approximate surface area is 77.5 Å². The number of nitrogens with zero attached hydrogens (tertiary/aromatic N) is 2. The van der Waals surface area contributed by atoms with Crippen molar-refractivity contribution in [1.82, 2.24) is 10.1 Å². The van der Waals surface area contributed by atoms with Crippen LogP contribution < -0.4 is 5.73 Å². The van der Waals surface area contributed by atoms with Crippen molar-refractivity contribution in [2.75, 3.05) is 0 Å². The van der Waals surface area contributed by atoms with Crippen molar-refractivity contribution in [3.05, 3.63) is 11.7 Å². The standard InChI is InChI=1S/C9H15N3O/c1-3-9(2,10)8-11-7(13-12-8)6-4-5-6/h6H,3-5,10H2,1-2H3. The second-order valence-corrected chi connectivity index (χ2v) is 4.00. The lowest BCUT2D eigenvalue weighted by Crippen LogP contribution is -2.33. The van der Waals surface area contributed by atoms with E-state index in [2.05, 4.69) is 10.1 Å². The third-order valence-corrected chi connectivity index (χ3v) is 2.61. The molecule has 0 aromatic carbocycles. The van der Waals surface area contributed by atoms with Gasteiger partial charge in [0.2, 0.25) is 5.89 Å². The summed E-state index contributed by atoms with van der Waals surface area (Å²) in [5.41, 5.74) is 5.54. The van der Waals surface area contributed by atoms with Crippen LogP contribution in [0, 0.1) is 0 Å². The van der Waals surface area contributed by atoms with Gasteiger partial charge in [-0.25, -0.2) is 0 Å². The molecule has 0 bridgehead atoms. The predicted molar refractivity (Wildman–Crippen MR) is 48.1 cm³/mol. The van der Waals surface area contributed by atoms with Gasteiger partial charge in [0.05, 0.1) is 5.54 Å². The van der Waals surface area contributed by atoms with Crippen LogP contribution in [0.4, 0.5) is 0 Å². The third kappa shape index (κ3) is 1.58. The summed E-state index contributed by atoms with van der Waals surface area (Å²) in [4.78, 5) is 4.31. The van der Waals surface area contributed by atoms with Crippen LogP contribution in [0.1, 0.15) is 50.7 Å². The summed E-state index contributed by atoms with van der Waals surface area (Å²) in [6, 6.07) is 0. The highest BCUT2D eigenvalue weighted by atomic mass is 16.5. The normalized spacial score (nSPS) is 21.5. The molecular weight excluding hydrogens is 166 g/mol. The molecule has 0 amide bonds. The number of nitrogens with two attached hydrogens (primary N) is 1. The molecule has 0 spiro atoms. The quantitative estimate of drug-likeness (QED) is 0.768. The highest BCUT2D eigenvalue weighted by molar-refractivity contribution is 5.06. The van der Waals surface area contributed by atoms with Gasteiger partial charge in [0.1, 0.15) is 0 Å². The molecule has 1 aliphatic carbocycles. The van der Waals surface area contributed by atoms with Crippen molar-refractivity contribution in [3.63, 3.8) is 0 Å². The largest absolute Gasteiger partial charge is 0.339 e. The maximum atomic E-state index is 5.99. The molecule has 1 atom stereocenters. The Hall–Kier alpha value is -0.900. The molecule has 1 unspecified atom stereocenters. The van der Waals surface area contributed by atoms with Crippen LogP contribution in [-0.2, 0) is 5.54 Å². The molecule has 4 heteroatoms. The Morgan fingerprint density at radius 2 is 2.31 bits per heavy atom. The second-order valence-electron chi connectivity index (χ2n) is 4.00. The van der Waals surface area contributed by atoms with E-state index in [-0.39, 0.29) is 0 Å². The molecule has 2 N–H and O–H groups in total. The summed E-state index contributed by atoms with van der Waals surface area (Å²) >= 11 is 0. The molecule has 13 heavy (non-hydrogen) atoms. The van der Waals surface area contributed by atoms with Gasteiger partial charge < -0.3 is 10.3 Å². The van der Waals surface area contributed by atoms with Crippen molar-refractivity contribution in [2.24, 2.45) is 5.73 Å². The predicted octanol–water partition coefficient (Wildman–Crippen LogP) is 1.53. The summed E-state index contributed by atoms with van der Waals surface area (Å²) in [5.74, 6) is 1.91. The molecule has 4 nitrogen and oxygen atoms in total. The van der Waals surface area contributed by atoms with Gasteiger partial charge in [-0.05, 0) is 26.2 Å². The van der Waals surface area contributed by atoms with E-state index in [4.69, 9.17) is 10.3 Å². The Morgan fingerprint density at radius 1 is 1.62 bits per heavy atom. The highest BCUT2D eigenvalue weighted by Crippen LogP contribution is 2.39. The van der Waals surface area contributed by atoms with Crippen LogP contribution in [0.3, 0.4) is 0 Å². The first-order valence-corrected chi connectivity index (χ1v) is 4.76. The van der Waals surface area contributed by atoms with Gasteiger partial charge in [-0.2, -0.15) is 4.98 Å². The van der Waals surface area contributed by atoms with Crippen molar-refractivity contribution in [3.8, 4) is 0 Å². The maximum absolute atomic E-state index is 5.99. The van der Waals surface area contributed by atoms with Crippen LogP contribution in [0.15, 0.2) is 4.52 Å². The summed E-state index contributed by atoms with van der Waals surface area (Å²) in [6.45, 7) is 3.95. The molecule has 1 saturated carbocycles. The summed E-state index contributed by atoms with van der Waals surface area (Å²) in [5, 5.41) is 3.91. The van der Waals surface area contributed by atoms with Crippen LogP contribution in [0.2, 0.25) is 0 Å². The topological polar surface area (TPSA) is 64.9 Å². The molecule has 72 valence electrons. The van der Waals surface area contributed by atoms with E-state index in [1.807, 2.05) is 13.8 Å². The van der Waals surface area contributed by atoms with E-state index in [0.717, 1.165) is 12.3 Å². The van der Waals surface area contributed by atoms with Crippen molar-refractivity contribution in [1.29, 1.82) is 0 Å². The SMILES string of the molecule is CCC(C)(N)c1noc(C2CC2)n1. The zero-order valence-electron chi connectivity index (χ0n) is 8.08. The zero-order valence-corrected chi connectivity index (χ0v) is 8.08. The molecular formula is C9H15N3O. The van der Waals surface area contributed by atoms with Crippen LogP contribution in [0.25, 0.3) is 0 Å². The van der Waals surface area contributed by atoms with Gasteiger partial charge in [-0.1, -0.05) is 12.1 Å². The minimum Gasteiger partial charge on any atom is -0.339 e. The molecule has 1 fully saturated rings. The zero-order chi connectivity index (χ0) is 9.47. The molecule has 0 radical (unpaired) electrons. The fourth-order valence-corrected chi connectivity index (χ4v) is 1.12. The Kier molecular flexibility index (Phi) is 1.87. The lowest BCUT2D eigenvalue weighted by Gasteiger charge is -2.16. The van der Waals surface area contributed by atoms with E-state index in [1.54, 1.807) is 0 Å². The minimum absolute atomic E-state index is 0.448. The summed E-state index contributed by atoms with van der Waals surface area (Å²) in [6.07, 6.45) is 3.17. The maximum Gasteiger partial charge on any atom is 0.229 e. The molecule has 1 aliphatic rings. The van der Waals surface area contributed by atoms with Gasteiger partial charge >= 0.3 is 0 Å². The first-order valence-electron chi connectivity index (χ1n) is 4.76. The first kappa shape index (κ1) is 8.69. The lowest BCUT2D eigenvalue weighted by molar-refractivity contribution is 0.352. The van der Waals surface area contributed by atoms with Gasteiger partial charge in [-0.3, -0.25) is 0 Å². The fraction of sp³-hybridized carbons (Fsp3) is 0.778. The van der Waals surface area contributed by atoms with Crippen LogP contribution >= 0.6 is 0 Å². The minimum atomic E-state index is -0.448. The van der Waals surface area contributed by atoms with E-state index < -0.39 is 5.54 Å². The first-order chi connectivity index (χ1) is 6.13. The molecule has 0 aliphatic heterocycles. The average Bonchev–Trinajstić information content (AvgIpc) is 2.83.